The molecule has 5 rings (SSSR count). The lowest BCUT2D eigenvalue weighted by atomic mass is 9.94. The summed E-state index contributed by atoms with van der Waals surface area (Å²) in [7, 11) is 3.05. The first-order valence-corrected chi connectivity index (χ1v) is 12.0. The van der Waals surface area contributed by atoms with E-state index in [1.54, 1.807) is 36.4 Å². The third-order valence-corrected chi connectivity index (χ3v) is 6.56. The molecular formula is C29H27NO7. The summed E-state index contributed by atoms with van der Waals surface area (Å²) in [6, 6.07) is 19.0. The number of nitrogens with zero attached hydrogens (tertiary/aromatic N) is 1. The zero-order chi connectivity index (χ0) is 25.9. The third kappa shape index (κ3) is 4.58. The molecule has 0 aliphatic carbocycles. The van der Waals surface area contributed by atoms with Gasteiger partial charge in [-0.25, -0.2) is 0 Å². The van der Waals surface area contributed by atoms with Crippen molar-refractivity contribution in [2.24, 2.45) is 0 Å². The van der Waals surface area contributed by atoms with E-state index < -0.39 is 17.7 Å². The first-order valence-electron chi connectivity index (χ1n) is 12.0. The highest BCUT2D eigenvalue weighted by atomic mass is 16.6. The fourth-order valence-electron chi connectivity index (χ4n) is 4.72. The average molecular weight is 502 g/mol. The van der Waals surface area contributed by atoms with Crippen LogP contribution in [0.25, 0.3) is 5.76 Å². The van der Waals surface area contributed by atoms with Crippen molar-refractivity contribution in [3.8, 4) is 23.0 Å². The van der Waals surface area contributed by atoms with E-state index in [1.807, 2.05) is 30.3 Å². The predicted molar refractivity (Wildman–Crippen MR) is 136 cm³/mol. The number of rotatable bonds is 7. The van der Waals surface area contributed by atoms with Gasteiger partial charge in [0.2, 0.25) is 0 Å². The molecule has 1 fully saturated rings. The maximum Gasteiger partial charge on any atom is 0.295 e. The number of ether oxygens (including phenoxy) is 4. The largest absolute Gasteiger partial charge is 0.507 e. The summed E-state index contributed by atoms with van der Waals surface area (Å²) in [6.45, 7) is 1.10. The van der Waals surface area contributed by atoms with E-state index >= 15 is 0 Å². The molecule has 0 radical (unpaired) electrons. The minimum absolute atomic E-state index is 0.00181. The van der Waals surface area contributed by atoms with Crippen molar-refractivity contribution < 1.29 is 33.6 Å². The van der Waals surface area contributed by atoms with Crippen molar-refractivity contribution in [2.75, 3.05) is 34.0 Å². The number of hydrogen-bond donors (Lipinski definition) is 1. The summed E-state index contributed by atoms with van der Waals surface area (Å²) in [5, 5.41) is 11.4. The molecule has 8 heteroatoms. The molecule has 2 heterocycles. The van der Waals surface area contributed by atoms with Gasteiger partial charge in [-0.1, -0.05) is 36.4 Å². The Morgan fingerprint density at radius 1 is 0.919 bits per heavy atom. The van der Waals surface area contributed by atoms with E-state index in [0.29, 0.717) is 53.8 Å². The summed E-state index contributed by atoms with van der Waals surface area (Å²) in [4.78, 5) is 28.2. The number of Topliss-reactive ketones (excluding diaryl/α,β-unsaturated/α-hetero) is 1. The van der Waals surface area contributed by atoms with Crippen molar-refractivity contribution in [3.63, 3.8) is 0 Å². The van der Waals surface area contributed by atoms with Crippen molar-refractivity contribution in [1.82, 2.24) is 4.90 Å². The lowest BCUT2D eigenvalue weighted by Crippen LogP contribution is -2.31. The standard InChI is InChI=1S/C29H27NO7/c1-34-21-10-8-19(16-23(21)35-2)26-25(27(31)20-9-11-22-24(17-20)37-15-14-36-22)28(32)29(33)30(26)13-12-18-6-4-3-5-7-18/h3-11,16-17,26,31H,12-15H2,1-2H3/t26-/m1/s1. The number of amides is 1. The number of carbonyl (C=O) groups excluding carboxylic acids is 2. The van der Waals surface area contributed by atoms with Crippen LogP contribution in [-0.2, 0) is 16.0 Å². The fourth-order valence-corrected chi connectivity index (χ4v) is 4.72. The minimum Gasteiger partial charge on any atom is -0.507 e. The minimum atomic E-state index is -0.822. The first kappa shape index (κ1) is 24.2. The molecule has 0 bridgehead atoms. The van der Waals surface area contributed by atoms with Gasteiger partial charge in [0, 0.05) is 12.1 Å². The second-order valence-electron chi connectivity index (χ2n) is 8.70. The van der Waals surface area contributed by atoms with Gasteiger partial charge >= 0.3 is 0 Å². The lowest BCUT2D eigenvalue weighted by Gasteiger charge is -2.26. The van der Waals surface area contributed by atoms with Crippen LogP contribution in [0.3, 0.4) is 0 Å². The molecule has 3 aromatic rings. The number of carbonyl (C=O) groups is 2. The number of aliphatic hydroxyl groups is 1. The van der Waals surface area contributed by atoms with Crippen LogP contribution in [0, 0.1) is 0 Å². The molecule has 0 unspecified atom stereocenters. The maximum atomic E-state index is 13.4. The number of methoxy groups -OCH3 is 2. The Labute approximate surface area is 214 Å². The summed E-state index contributed by atoms with van der Waals surface area (Å²) in [6.07, 6.45) is 0.543. The van der Waals surface area contributed by atoms with E-state index in [-0.39, 0.29) is 17.9 Å². The zero-order valence-corrected chi connectivity index (χ0v) is 20.6. The Morgan fingerprint density at radius 3 is 2.38 bits per heavy atom. The molecular weight excluding hydrogens is 474 g/mol. The van der Waals surface area contributed by atoms with Crippen LogP contribution in [0.15, 0.2) is 72.3 Å². The van der Waals surface area contributed by atoms with Crippen LogP contribution >= 0.6 is 0 Å². The zero-order valence-electron chi connectivity index (χ0n) is 20.6. The SMILES string of the molecule is COc1ccc([C@@H]2C(=C(O)c3ccc4c(c3)OCCO4)C(=O)C(=O)N2CCc2ccccc2)cc1OC. The van der Waals surface area contributed by atoms with Crippen LogP contribution in [0.5, 0.6) is 23.0 Å². The average Bonchev–Trinajstić information content (AvgIpc) is 3.20. The van der Waals surface area contributed by atoms with Crippen LogP contribution < -0.4 is 18.9 Å². The monoisotopic (exact) mass is 501 g/mol. The number of hydrogen-bond acceptors (Lipinski definition) is 7. The third-order valence-electron chi connectivity index (χ3n) is 6.56. The normalized spacial score (nSPS) is 18.1. The number of fused-ring (bicyclic) bond motifs is 1. The van der Waals surface area contributed by atoms with Crippen molar-refractivity contribution in [2.45, 2.75) is 12.5 Å². The Morgan fingerprint density at radius 2 is 1.65 bits per heavy atom. The molecule has 0 saturated carbocycles. The second kappa shape index (κ2) is 10.3. The highest BCUT2D eigenvalue weighted by Gasteiger charge is 2.46. The first-order chi connectivity index (χ1) is 18.0. The Bertz CT molecular complexity index is 1370. The number of aliphatic hydroxyl groups excluding tert-OH is 1. The van der Waals surface area contributed by atoms with Gasteiger partial charge in [-0.3, -0.25) is 9.59 Å². The van der Waals surface area contributed by atoms with Crippen molar-refractivity contribution in [3.05, 3.63) is 89.0 Å². The smallest absolute Gasteiger partial charge is 0.295 e. The van der Waals surface area contributed by atoms with Gasteiger partial charge in [-0.05, 0) is 47.9 Å². The highest BCUT2D eigenvalue weighted by Crippen LogP contribution is 2.43. The number of benzene rings is 3. The highest BCUT2D eigenvalue weighted by molar-refractivity contribution is 6.46. The summed E-state index contributed by atoms with van der Waals surface area (Å²) in [5.74, 6) is 0.290. The summed E-state index contributed by atoms with van der Waals surface area (Å²) in [5.41, 5.74) is 2.00. The van der Waals surface area contributed by atoms with Gasteiger partial charge in [0.1, 0.15) is 19.0 Å². The van der Waals surface area contributed by atoms with Gasteiger partial charge in [0.05, 0.1) is 25.8 Å². The van der Waals surface area contributed by atoms with Gasteiger partial charge in [-0.2, -0.15) is 0 Å². The Balaban J connectivity index is 1.60. The van der Waals surface area contributed by atoms with E-state index in [0.717, 1.165) is 5.56 Å². The van der Waals surface area contributed by atoms with Crippen LogP contribution in [0.1, 0.15) is 22.7 Å². The topological polar surface area (TPSA) is 94.5 Å². The van der Waals surface area contributed by atoms with Gasteiger partial charge in [0.25, 0.3) is 11.7 Å². The molecule has 190 valence electrons. The predicted octanol–water partition coefficient (Wildman–Crippen LogP) is 4.14. The number of likely N-dealkylation sites (tertiary alicyclic amines) is 1. The van der Waals surface area contributed by atoms with E-state index in [9.17, 15) is 14.7 Å². The van der Waals surface area contributed by atoms with Crippen LogP contribution in [-0.4, -0.2) is 55.7 Å². The van der Waals surface area contributed by atoms with E-state index in [2.05, 4.69) is 0 Å². The molecule has 1 saturated heterocycles. The summed E-state index contributed by atoms with van der Waals surface area (Å²) >= 11 is 0. The van der Waals surface area contributed by atoms with E-state index in [4.69, 9.17) is 18.9 Å². The maximum absolute atomic E-state index is 13.4. The Kier molecular flexibility index (Phi) is 6.72. The Hall–Kier alpha value is -4.46. The van der Waals surface area contributed by atoms with Crippen LogP contribution in [0.4, 0.5) is 0 Å². The molecule has 1 atom stereocenters. The molecule has 37 heavy (non-hydrogen) atoms. The second-order valence-corrected chi connectivity index (χ2v) is 8.70. The van der Waals surface area contributed by atoms with E-state index in [1.165, 1.54) is 19.1 Å². The number of ketones is 1. The van der Waals surface area contributed by atoms with Gasteiger partial charge in [0.15, 0.2) is 23.0 Å². The van der Waals surface area contributed by atoms with Gasteiger partial charge < -0.3 is 29.0 Å². The van der Waals surface area contributed by atoms with Crippen molar-refractivity contribution >= 4 is 17.4 Å². The molecule has 3 aromatic carbocycles. The van der Waals surface area contributed by atoms with Gasteiger partial charge in [-0.15, -0.1) is 0 Å². The van der Waals surface area contributed by atoms with Crippen LogP contribution in [0.2, 0.25) is 0 Å². The molecule has 0 spiro atoms. The quantitative estimate of drug-likeness (QED) is 0.295. The van der Waals surface area contributed by atoms with Crippen molar-refractivity contribution in [1.29, 1.82) is 0 Å². The molecule has 0 aromatic heterocycles. The molecule has 1 amide bonds. The fraction of sp³-hybridized carbons (Fsp3) is 0.241. The summed E-state index contributed by atoms with van der Waals surface area (Å²) < 4.78 is 22.1. The molecule has 8 nitrogen and oxygen atoms in total. The molecule has 2 aliphatic heterocycles. The molecule has 1 N–H and O–H groups in total. The molecule has 2 aliphatic rings. The lowest BCUT2D eigenvalue weighted by molar-refractivity contribution is -0.139.